The van der Waals surface area contributed by atoms with E-state index in [9.17, 15) is 15.0 Å². The van der Waals surface area contributed by atoms with Crippen molar-refractivity contribution in [2.24, 2.45) is 0 Å². The van der Waals surface area contributed by atoms with Crippen LogP contribution in [0.15, 0.2) is 18.2 Å². The predicted octanol–water partition coefficient (Wildman–Crippen LogP) is 1.35. The van der Waals surface area contributed by atoms with Crippen LogP contribution in [0.1, 0.15) is 36.0 Å². The largest absolute Gasteiger partial charge is 0.508 e. The monoisotopic (exact) mass is 264 g/mol. The van der Waals surface area contributed by atoms with Crippen molar-refractivity contribution in [1.82, 2.24) is 4.90 Å². The number of amides is 1. The highest BCUT2D eigenvalue weighted by atomic mass is 16.3. The second-order valence-electron chi connectivity index (χ2n) is 4.96. The number of aromatic hydroxyl groups is 1. The molecule has 0 radical (unpaired) electrons. The molecule has 1 heterocycles. The second-order valence-corrected chi connectivity index (χ2v) is 4.96. The molecule has 0 aliphatic carbocycles. The third-order valence-electron chi connectivity index (χ3n) is 3.62. The number of nitrogens with zero attached hydrogens (tertiary/aromatic N) is 1. The number of anilines is 1. The fraction of sp³-hybridized carbons (Fsp3) is 0.500. The first-order chi connectivity index (χ1) is 9.13. The van der Waals surface area contributed by atoms with E-state index >= 15 is 0 Å². The van der Waals surface area contributed by atoms with E-state index in [1.807, 2.05) is 0 Å². The van der Waals surface area contributed by atoms with Gasteiger partial charge in [0.15, 0.2) is 0 Å². The minimum absolute atomic E-state index is 0.0212. The third kappa shape index (κ3) is 2.98. The van der Waals surface area contributed by atoms with Gasteiger partial charge in [0.05, 0.1) is 18.2 Å². The van der Waals surface area contributed by atoms with E-state index in [0.29, 0.717) is 17.8 Å². The number of nitrogen functional groups attached to an aromatic ring is 1. The van der Waals surface area contributed by atoms with Gasteiger partial charge in [0.1, 0.15) is 5.75 Å². The second kappa shape index (κ2) is 5.93. The number of aliphatic hydroxyl groups excluding tert-OH is 1. The lowest BCUT2D eigenvalue weighted by Crippen LogP contribution is -2.42. The molecule has 1 atom stereocenters. The smallest absolute Gasteiger partial charge is 0.256 e. The van der Waals surface area contributed by atoms with Crippen molar-refractivity contribution < 1.29 is 15.0 Å². The number of phenols is 1. The van der Waals surface area contributed by atoms with Gasteiger partial charge in [-0.2, -0.15) is 0 Å². The van der Waals surface area contributed by atoms with Crippen molar-refractivity contribution in [3.8, 4) is 5.75 Å². The van der Waals surface area contributed by atoms with Crippen molar-refractivity contribution in [3.63, 3.8) is 0 Å². The third-order valence-corrected chi connectivity index (χ3v) is 3.62. The van der Waals surface area contributed by atoms with E-state index in [1.54, 1.807) is 4.90 Å². The Kier molecular flexibility index (Phi) is 4.27. The van der Waals surface area contributed by atoms with E-state index in [-0.39, 0.29) is 24.3 Å². The number of nitrogens with two attached hydrogens (primary N) is 1. The molecule has 1 aliphatic rings. The van der Waals surface area contributed by atoms with Gasteiger partial charge >= 0.3 is 0 Å². The molecule has 1 saturated heterocycles. The van der Waals surface area contributed by atoms with Crippen LogP contribution in [0.4, 0.5) is 5.69 Å². The van der Waals surface area contributed by atoms with E-state index < -0.39 is 0 Å². The van der Waals surface area contributed by atoms with Gasteiger partial charge in [0.25, 0.3) is 5.91 Å². The SMILES string of the molecule is Nc1ccc(O)cc1C(=O)N1CCCCCC1CO. The van der Waals surface area contributed by atoms with Crippen LogP contribution in [-0.2, 0) is 0 Å². The van der Waals surface area contributed by atoms with Gasteiger partial charge in [0, 0.05) is 12.2 Å². The van der Waals surface area contributed by atoms with E-state index in [2.05, 4.69) is 0 Å². The zero-order chi connectivity index (χ0) is 13.8. The highest BCUT2D eigenvalue weighted by molar-refractivity contribution is 5.99. The summed E-state index contributed by atoms with van der Waals surface area (Å²) in [5.41, 5.74) is 6.46. The molecule has 2 rings (SSSR count). The summed E-state index contributed by atoms with van der Waals surface area (Å²) in [4.78, 5) is 14.2. The minimum atomic E-state index is -0.214. The summed E-state index contributed by atoms with van der Waals surface area (Å²) in [5.74, 6) is -0.192. The van der Waals surface area contributed by atoms with Crippen molar-refractivity contribution in [3.05, 3.63) is 23.8 Å². The van der Waals surface area contributed by atoms with Crippen molar-refractivity contribution in [2.45, 2.75) is 31.7 Å². The Labute approximate surface area is 112 Å². The molecule has 104 valence electrons. The van der Waals surface area contributed by atoms with Crippen LogP contribution in [0, 0.1) is 0 Å². The van der Waals surface area contributed by atoms with E-state index in [4.69, 9.17) is 5.73 Å². The molecule has 0 bridgehead atoms. The Morgan fingerprint density at radius 1 is 1.37 bits per heavy atom. The minimum Gasteiger partial charge on any atom is -0.508 e. The lowest BCUT2D eigenvalue weighted by molar-refractivity contribution is 0.0600. The van der Waals surface area contributed by atoms with E-state index in [0.717, 1.165) is 25.7 Å². The van der Waals surface area contributed by atoms with Crippen LogP contribution in [0.25, 0.3) is 0 Å². The van der Waals surface area contributed by atoms with Crippen molar-refractivity contribution >= 4 is 11.6 Å². The summed E-state index contributed by atoms with van der Waals surface area (Å²) in [6, 6.07) is 4.21. The Balaban J connectivity index is 2.27. The molecule has 5 heteroatoms. The maximum Gasteiger partial charge on any atom is 0.256 e. The molecule has 1 aliphatic heterocycles. The molecular weight excluding hydrogens is 244 g/mol. The molecule has 1 aromatic carbocycles. The van der Waals surface area contributed by atoms with Gasteiger partial charge in [-0.3, -0.25) is 4.79 Å². The zero-order valence-corrected chi connectivity index (χ0v) is 10.9. The molecule has 0 aromatic heterocycles. The Bertz CT molecular complexity index is 462. The number of hydrogen-bond donors (Lipinski definition) is 3. The maximum atomic E-state index is 12.5. The van der Waals surface area contributed by atoms with Crippen molar-refractivity contribution in [2.75, 3.05) is 18.9 Å². The van der Waals surface area contributed by atoms with Gasteiger partial charge < -0.3 is 20.8 Å². The van der Waals surface area contributed by atoms with Crippen molar-refractivity contribution in [1.29, 1.82) is 0 Å². The first-order valence-corrected chi connectivity index (χ1v) is 6.64. The maximum absolute atomic E-state index is 12.5. The molecule has 1 amide bonds. The zero-order valence-electron chi connectivity index (χ0n) is 10.9. The lowest BCUT2D eigenvalue weighted by atomic mass is 10.1. The fourth-order valence-corrected chi connectivity index (χ4v) is 2.52. The number of benzene rings is 1. The number of aliphatic hydroxyl groups is 1. The highest BCUT2D eigenvalue weighted by Crippen LogP contribution is 2.24. The van der Waals surface area contributed by atoms with Crippen LogP contribution < -0.4 is 5.73 Å². The van der Waals surface area contributed by atoms with E-state index in [1.165, 1.54) is 18.2 Å². The van der Waals surface area contributed by atoms with Gasteiger partial charge in [-0.25, -0.2) is 0 Å². The van der Waals surface area contributed by atoms with Gasteiger partial charge in [-0.1, -0.05) is 12.8 Å². The van der Waals surface area contributed by atoms with Gasteiger partial charge in [-0.05, 0) is 31.0 Å². The number of carbonyl (C=O) groups excluding carboxylic acids is 1. The number of carbonyl (C=O) groups is 1. The molecule has 19 heavy (non-hydrogen) atoms. The Morgan fingerprint density at radius 3 is 2.89 bits per heavy atom. The summed E-state index contributed by atoms with van der Waals surface area (Å²) in [7, 11) is 0. The van der Waals surface area contributed by atoms with Crippen LogP contribution in [-0.4, -0.2) is 40.2 Å². The number of phenolic OH excluding ortho intramolecular Hbond substituents is 1. The number of rotatable bonds is 2. The Hall–Kier alpha value is -1.75. The number of likely N-dealkylation sites (tertiary alicyclic amines) is 1. The molecule has 0 saturated carbocycles. The normalized spacial score (nSPS) is 20.1. The van der Waals surface area contributed by atoms with Gasteiger partial charge in [-0.15, -0.1) is 0 Å². The molecule has 4 N–H and O–H groups in total. The molecule has 5 nitrogen and oxygen atoms in total. The molecule has 1 unspecified atom stereocenters. The predicted molar refractivity (Wildman–Crippen MR) is 72.9 cm³/mol. The highest BCUT2D eigenvalue weighted by Gasteiger charge is 2.26. The standard InChI is InChI=1S/C14H20N2O3/c15-13-6-5-11(18)8-12(13)14(19)16-7-3-1-2-4-10(16)9-17/h5-6,8,10,17-18H,1-4,7,9,15H2. The Morgan fingerprint density at radius 2 is 2.16 bits per heavy atom. The molecule has 1 aromatic rings. The summed E-state index contributed by atoms with van der Waals surface area (Å²) in [6.07, 6.45) is 3.82. The summed E-state index contributed by atoms with van der Waals surface area (Å²) in [5, 5.41) is 18.9. The number of hydrogen-bond acceptors (Lipinski definition) is 4. The first-order valence-electron chi connectivity index (χ1n) is 6.64. The van der Waals surface area contributed by atoms with Crippen LogP contribution >= 0.6 is 0 Å². The molecule has 1 fully saturated rings. The lowest BCUT2D eigenvalue weighted by Gasteiger charge is -2.29. The first kappa shape index (κ1) is 13.7. The quantitative estimate of drug-likeness (QED) is 0.556. The summed E-state index contributed by atoms with van der Waals surface area (Å²) < 4.78 is 0. The molecular formula is C14H20N2O3. The fourth-order valence-electron chi connectivity index (χ4n) is 2.52. The van der Waals surface area contributed by atoms with Crippen LogP contribution in [0.2, 0.25) is 0 Å². The average Bonchev–Trinajstić information content (AvgIpc) is 2.65. The average molecular weight is 264 g/mol. The summed E-state index contributed by atoms with van der Waals surface area (Å²) in [6.45, 7) is 0.587. The molecule has 0 spiro atoms. The van der Waals surface area contributed by atoms with Gasteiger partial charge in [0.2, 0.25) is 0 Å². The van der Waals surface area contributed by atoms with Crippen LogP contribution in [0.3, 0.4) is 0 Å². The summed E-state index contributed by atoms with van der Waals surface area (Å²) >= 11 is 0. The topological polar surface area (TPSA) is 86.8 Å². The van der Waals surface area contributed by atoms with Crippen LogP contribution in [0.5, 0.6) is 5.75 Å².